The zero-order chi connectivity index (χ0) is 16.1. The summed E-state index contributed by atoms with van der Waals surface area (Å²) in [5.74, 6) is 1.19. The molecule has 0 saturated heterocycles. The van der Waals surface area contributed by atoms with Gasteiger partial charge in [0.2, 0.25) is 0 Å². The lowest BCUT2D eigenvalue weighted by atomic mass is 10.1. The molecule has 6 heteroatoms. The highest BCUT2D eigenvalue weighted by molar-refractivity contribution is 5.98. The van der Waals surface area contributed by atoms with E-state index in [1.807, 2.05) is 19.1 Å². The first-order valence-electron chi connectivity index (χ1n) is 6.80. The number of hydrogen-bond acceptors (Lipinski definition) is 5. The van der Waals surface area contributed by atoms with Crippen LogP contribution in [-0.4, -0.2) is 25.1 Å². The number of nitrogen functional groups attached to an aromatic ring is 1. The van der Waals surface area contributed by atoms with Crippen LogP contribution in [-0.2, 0) is 0 Å². The molecule has 3 N–H and O–H groups in total. The molecule has 1 atom stereocenters. The molecular weight excluding hydrogens is 282 g/mol. The van der Waals surface area contributed by atoms with Gasteiger partial charge in [0.1, 0.15) is 5.82 Å². The second-order valence-electron chi connectivity index (χ2n) is 4.75. The van der Waals surface area contributed by atoms with Gasteiger partial charge in [-0.05, 0) is 36.8 Å². The van der Waals surface area contributed by atoms with E-state index < -0.39 is 0 Å². The lowest BCUT2D eigenvalue weighted by Gasteiger charge is -2.17. The summed E-state index contributed by atoms with van der Waals surface area (Å²) in [6.07, 6.45) is 1.55. The van der Waals surface area contributed by atoms with Crippen molar-refractivity contribution in [3.63, 3.8) is 0 Å². The van der Waals surface area contributed by atoms with E-state index in [9.17, 15) is 4.79 Å². The van der Waals surface area contributed by atoms with Gasteiger partial charge in [0, 0.05) is 6.20 Å². The van der Waals surface area contributed by atoms with E-state index in [0.717, 1.165) is 5.56 Å². The minimum atomic E-state index is -0.270. The SMILES string of the molecule is COc1ccc(C(C)NC(=O)c2cccnc2N)cc1OC. The van der Waals surface area contributed by atoms with E-state index in [1.165, 1.54) is 0 Å². The molecule has 2 aromatic rings. The van der Waals surface area contributed by atoms with Crippen molar-refractivity contribution in [1.29, 1.82) is 0 Å². The summed E-state index contributed by atoms with van der Waals surface area (Å²) in [5, 5.41) is 2.89. The summed E-state index contributed by atoms with van der Waals surface area (Å²) in [6.45, 7) is 1.88. The minimum absolute atomic E-state index is 0.208. The lowest BCUT2D eigenvalue weighted by molar-refractivity contribution is 0.0940. The van der Waals surface area contributed by atoms with Gasteiger partial charge in [0.15, 0.2) is 11.5 Å². The standard InChI is InChI=1S/C16H19N3O3/c1-10(11-6-7-13(21-2)14(9-11)22-3)19-16(20)12-5-4-8-18-15(12)17/h4-10H,1-3H3,(H2,17,18)(H,19,20). The van der Waals surface area contributed by atoms with E-state index in [4.69, 9.17) is 15.2 Å². The van der Waals surface area contributed by atoms with Crippen molar-refractivity contribution in [2.75, 3.05) is 20.0 Å². The van der Waals surface area contributed by atoms with Gasteiger partial charge >= 0.3 is 0 Å². The van der Waals surface area contributed by atoms with Crippen LogP contribution in [0.4, 0.5) is 5.82 Å². The Bertz CT molecular complexity index is 673. The van der Waals surface area contributed by atoms with Crippen molar-refractivity contribution >= 4 is 11.7 Å². The average Bonchev–Trinajstić information content (AvgIpc) is 2.54. The first-order chi connectivity index (χ1) is 10.6. The van der Waals surface area contributed by atoms with E-state index in [-0.39, 0.29) is 17.8 Å². The monoisotopic (exact) mass is 301 g/mol. The van der Waals surface area contributed by atoms with Crippen LogP contribution < -0.4 is 20.5 Å². The highest BCUT2D eigenvalue weighted by atomic mass is 16.5. The zero-order valence-electron chi connectivity index (χ0n) is 12.8. The van der Waals surface area contributed by atoms with Crippen LogP contribution in [0.1, 0.15) is 28.9 Å². The number of methoxy groups -OCH3 is 2. The number of carbonyl (C=O) groups excluding carboxylic acids is 1. The fourth-order valence-electron chi connectivity index (χ4n) is 2.09. The molecule has 1 aromatic heterocycles. The Morgan fingerprint density at radius 3 is 2.59 bits per heavy atom. The number of nitrogens with zero attached hydrogens (tertiary/aromatic N) is 1. The van der Waals surface area contributed by atoms with Crippen LogP contribution >= 0.6 is 0 Å². The summed E-state index contributed by atoms with van der Waals surface area (Å²) in [5.41, 5.74) is 6.96. The van der Waals surface area contributed by atoms with E-state index >= 15 is 0 Å². The number of pyridine rings is 1. The minimum Gasteiger partial charge on any atom is -0.493 e. The van der Waals surface area contributed by atoms with E-state index in [1.54, 1.807) is 38.6 Å². The molecule has 0 bridgehead atoms. The predicted octanol–water partition coefficient (Wildman–Crippen LogP) is 2.17. The molecule has 2 rings (SSSR count). The molecule has 0 aliphatic heterocycles. The molecule has 0 spiro atoms. The Morgan fingerprint density at radius 2 is 1.95 bits per heavy atom. The Morgan fingerprint density at radius 1 is 1.23 bits per heavy atom. The molecule has 0 saturated carbocycles. The van der Waals surface area contributed by atoms with Crippen molar-refractivity contribution in [2.24, 2.45) is 0 Å². The molecule has 22 heavy (non-hydrogen) atoms. The molecule has 0 radical (unpaired) electrons. The van der Waals surface area contributed by atoms with Crippen molar-refractivity contribution in [3.05, 3.63) is 47.7 Å². The molecule has 1 aromatic carbocycles. The molecule has 1 unspecified atom stereocenters. The normalized spacial score (nSPS) is 11.6. The molecule has 116 valence electrons. The van der Waals surface area contributed by atoms with Crippen LogP contribution in [0, 0.1) is 0 Å². The Labute approximate surface area is 129 Å². The summed E-state index contributed by atoms with van der Waals surface area (Å²) in [4.78, 5) is 16.2. The van der Waals surface area contributed by atoms with Gasteiger partial charge < -0.3 is 20.5 Å². The molecule has 0 fully saturated rings. The van der Waals surface area contributed by atoms with Crippen LogP contribution in [0.25, 0.3) is 0 Å². The van der Waals surface area contributed by atoms with Gasteiger partial charge in [0.25, 0.3) is 5.91 Å². The molecule has 6 nitrogen and oxygen atoms in total. The fourth-order valence-corrected chi connectivity index (χ4v) is 2.09. The third kappa shape index (κ3) is 3.28. The molecular formula is C16H19N3O3. The van der Waals surface area contributed by atoms with Crippen LogP contribution in [0.3, 0.4) is 0 Å². The fraction of sp³-hybridized carbons (Fsp3) is 0.250. The van der Waals surface area contributed by atoms with Gasteiger partial charge in [-0.15, -0.1) is 0 Å². The third-order valence-corrected chi connectivity index (χ3v) is 3.34. The average molecular weight is 301 g/mol. The van der Waals surface area contributed by atoms with Crippen molar-refractivity contribution in [1.82, 2.24) is 10.3 Å². The molecule has 1 amide bonds. The number of benzene rings is 1. The second-order valence-corrected chi connectivity index (χ2v) is 4.75. The first kappa shape index (κ1) is 15.6. The number of carbonyl (C=O) groups is 1. The Hall–Kier alpha value is -2.76. The lowest BCUT2D eigenvalue weighted by Crippen LogP contribution is -2.27. The number of aromatic nitrogens is 1. The number of rotatable bonds is 5. The van der Waals surface area contributed by atoms with Gasteiger partial charge in [-0.25, -0.2) is 4.98 Å². The third-order valence-electron chi connectivity index (χ3n) is 3.34. The number of nitrogens with one attached hydrogen (secondary N) is 1. The van der Waals surface area contributed by atoms with Gasteiger partial charge in [0.05, 0.1) is 25.8 Å². The summed E-state index contributed by atoms with van der Waals surface area (Å²) in [7, 11) is 3.15. The topological polar surface area (TPSA) is 86.5 Å². The van der Waals surface area contributed by atoms with Crippen molar-refractivity contribution in [3.8, 4) is 11.5 Å². The maximum Gasteiger partial charge on any atom is 0.255 e. The van der Waals surface area contributed by atoms with Crippen LogP contribution in [0.15, 0.2) is 36.5 Å². The molecule has 0 aliphatic carbocycles. The second kappa shape index (κ2) is 6.80. The number of nitrogens with two attached hydrogens (primary N) is 1. The summed E-state index contributed by atoms with van der Waals surface area (Å²) < 4.78 is 10.5. The van der Waals surface area contributed by atoms with Crippen molar-refractivity contribution in [2.45, 2.75) is 13.0 Å². The van der Waals surface area contributed by atoms with E-state index in [0.29, 0.717) is 17.1 Å². The Balaban J connectivity index is 2.17. The molecule has 1 heterocycles. The number of ether oxygens (including phenoxy) is 2. The number of amides is 1. The molecule has 0 aliphatic rings. The van der Waals surface area contributed by atoms with E-state index in [2.05, 4.69) is 10.3 Å². The zero-order valence-corrected chi connectivity index (χ0v) is 12.8. The van der Waals surface area contributed by atoms with Crippen LogP contribution in [0.5, 0.6) is 11.5 Å². The number of anilines is 1. The summed E-state index contributed by atoms with van der Waals surface area (Å²) in [6, 6.07) is 8.60. The first-order valence-corrected chi connectivity index (χ1v) is 6.80. The Kier molecular flexibility index (Phi) is 4.83. The largest absolute Gasteiger partial charge is 0.493 e. The maximum absolute atomic E-state index is 12.2. The van der Waals surface area contributed by atoms with Gasteiger partial charge in [-0.1, -0.05) is 6.07 Å². The predicted molar refractivity (Wildman–Crippen MR) is 84.1 cm³/mol. The maximum atomic E-state index is 12.2. The quantitative estimate of drug-likeness (QED) is 0.884. The summed E-state index contributed by atoms with van der Waals surface area (Å²) >= 11 is 0. The van der Waals surface area contributed by atoms with Gasteiger partial charge in [-0.2, -0.15) is 0 Å². The highest BCUT2D eigenvalue weighted by Gasteiger charge is 2.15. The highest BCUT2D eigenvalue weighted by Crippen LogP contribution is 2.30. The van der Waals surface area contributed by atoms with Crippen LogP contribution in [0.2, 0.25) is 0 Å². The number of hydrogen-bond donors (Lipinski definition) is 2. The van der Waals surface area contributed by atoms with Gasteiger partial charge in [-0.3, -0.25) is 4.79 Å². The smallest absolute Gasteiger partial charge is 0.255 e. The van der Waals surface area contributed by atoms with Crippen molar-refractivity contribution < 1.29 is 14.3 Å².